The van der Waals surface area contributed by atoms with Gasteiger partial charge in [-0.1, -0.05) is 12.1 Å². The van der Waals surface area contributed by atoms with Crippen LogP contribution in [0.5, 0.6) is 0 Å². The van der Waals surface area contributed by atoms with Crippen molar-refractivity contribution in [2.75, 3.05) is 0 Å². The van der Waals surface area contributed by atoms with Crippen LogP contribution in [-0.2, 0) is 12.9 Å². The summed E-state index contributed by atoms with van der Waals surface area (Å²) in [5.74, 6) is 0.0308. The van der Waals surface area contributed by atoms with Gasteiger partial charge in [-0.25, -0.2) is 4.39 Å². The lowest BCUT2D eigenvalue weighted by atomic mass is 10.0. The lowest BCUT2D eigenvalue weighted by molar-refractivity contribution is 0.630. The zero-order valence-electron chi connectivity index (χ0n) is 8.24. The number of nitrogens with zero attached hydrogens (tertiary/aromatic N) is 2. The summed E-state index contributed by atoms with van der Waals surface area (Å²) in [7, 11) is 1.80. The summed E-state index contributed by atoms with van der Waals surface area (Å²) in [5, 5.41) is 4.02. The van der Waals surface area contributed by atoms with Crippen molar-refractivity contribution in [1.82, 2.24) is 9.78 Å². The number of benzene rings is 1. The molecule has 1 aromatic heterocycles. The molecule has 2 nitrogen and oxygen atoms in total. The van der Waals surface area contributed by atoms with Crippen LogP contribution in [-0.4, -0.2) is 9.78 Å². The van der Waals surface area contributed by atoms with Crippen LogP contribution >= 0.6 is 11.6 Å². The summed E-state index contributed by atoms with van der Waals surface area (Å²) in [6.45, 7) is 0. The molecule has 0 aliphatic rings. The summed E-state index contributed by atoms with van der Waals surface area (Å²) < 4.78 is 15.3. The molecule has 15 heavy (non-hydrogen) atoms. The van der Waals surface area contributed by atoms with Crippen LogP contribution in [0.1, 0.15) is 5.56 Å². The quantitative estimate of drug-likeness (QED) is 0.718. The Morgan fingerprint density at radius 3 is 2.87 bits per heavy atom. The Morgan fingerprint density at radius 1 is 1.47 bits per heavy atom. The molecule has 2 rings (SSSR count). The van der Waals surface area contributed by atoms with Gasteiger partial charge in [0.2, 0.25) is 0 Å². The van der Waals surface area contributed by atoms with E-state index < -0.39 is 0 Å². The fourth-order valence-corrected chi connectivity index (χ4v) is 1.78. The van der Waals surface area contributed by atoms with Crippen LogP contribution in [0.15, 0.2) is 30.6 Å². The summed E-state index contributed by atoms with van der Waals surface area (Å²) in [4.78, 5) is 0. The van der Waals surface area contributed by atoms with Crippen molar-refractivity contribution in [1.29, 1.82) is 0 Å². The van der Waals surface area contributed by atoms with Crippen molar-refractivity contribution in [3.63, 3.8) is 0 Å². The van der Waals surface area contributed by atoms with E-state index in [0.29, 0.717) is 11.4 Å². The number of hydrogen-bond acceptors (Lipinski definition) is 1. The van der Waals surface area contributed by atoms with Crippen LogP contribution in [0.4, 0.5) is 4.39 Å². The van der Waals surface area contributed by atoms with Gasteiger partial charge in [-0.2, -0.15) is 5.10 Å². The van der Waals surface area contributed by atoms with Crippen LogP contribution in [0.3, 0.4) is 0 Å². The third kappa shape index (κ3) is 1.88. The molecule has 4 heteroatoms. The fourth-order valence-electron chi connectivity index (χ4n) is 1.55. The topological polar surface area (TPSA) is 17.8 Å². The highest BCUT2D eigenvalue weighted by Gasteiger charge is 2.11. The van der Waals surface area contributed by atoms with Gasteiger partial charge >= 0.3 is 0 Å². The molecule has 0 N–H and O–H groups in total. The minimum atomic E-state index is -0.263. The minimum absolute atomic E-state index is 0.263. The number of rotatable bonds is 2. The first-order chi connectivity index (χ1) is 7.22. The smallest absolute Gasteiger partial charge is 0.131 e. The zero-order chi connectivity index (χ0) is 10.8. The summed E-state index contributed by atoms with van der Waals surface area (Å²) in [5.41, 5.74) is 2.08. The molecule has 0 aliphatic heterocycles. The maximum atomic E-state index is 13.6. The Labute approximate surface area is 92.3 Å². The van der Waals surface area contributed by atoms with Crippen molar-refractivity contribution in [2.45, 2.75) is 5.88 Å². The van der Waals surface area contributed by atoms with Crippen LogP contribution in [0.2, 0.25) is 0 Å². The summed E-state index contributed by atoms with van der Waals surface area (Å²) >= 11 is 5.77. The van der Waals surface area contributed by atoms with Crippen molar-refractivity contribution in [3.8, 4) is 11.1 Å². The molecule has 0 saturated heterocycles. The number of aryl methyl sites for hydroxylation is 1. The highest BCUT2D eigenvalue weighted by atomic mass is 35.5. The first-order valence-corrected chi connectivity index (χ1v) is 5.08. The van der Waals surface area contributed by atoms with E-state index in [9.17, 15) is 4.39 Å². The highest BCUT2D eigenvalue weighted by molar-refractivity contribution is 6.17. The molecule has 78 valence electrons. The third-order valence-electron chi connectivity index (χ3n) is 2.24. The molecule has 0 spiro atoms. The molecule has 0 saturated carbocycles. The molecule has 0 fully saturated rings. The monoisotopic (exact) mass is 224 g/mol. The second kappa shape index (κ2) is 4.03. The van der Waals surface area contributed by atoms with E-state index in [1.807, 2.05) is 6.07 Å². The van der Waals surface area contributed by atoms with Crippen molar-refractivity contribution in [2.24, 2.45) is 7.05 Å². The number of aromatic nitrogens is 2. The SMILES string of the molecule is Cn1cc(-c2c(F)cccc2CCl)cn1. The first-order valence-electron chi connectivity index (χ1n) is 4.54. The van der Waals surface area contributed by atoms with E-state index >= 15 is 0 Å². The molecule has 1 heterocycles. The van der Waals surface area contributed by atoms with E-state index in [2.05, 4.69) is 5.10 Å². The first kappa shape index (κ1) is 10.2. The van der Waals surface area contributed by atoms with E-state index in [0.717, 1.165) is 11.1 Å². The van der Waals surface area contributed by atoms with Gasteiger partial charge in [0.25, 0.3) is 0 Å². The second-order valence-corrected chi connectivity index (χ2v) is 3.58. The molecule has 0 aliphatic carbocycles. The van der Waals surface area contributed by atoms with Crippen LogP contribution < -0.4 is 0 Å². The van der Waals surface area contributed by atoms with Crippen LogP contribution in [0.25, 0.3) is 11.1 Å². The molecule has 0 bridgehead atoms. The largest absolute Gasteiger partial charge is 0.275 e. The number of hydrogen-bond donors (Lipinski definition) is 0. The van der Waals surface area contributed by atoms with Gasteiger partial charge in [-0.15, -0.1) is 11.6 Å². The molecular weight excluding hydrogens is 215 g/mol. The van der Waals surface area contributed by atoms with Gasteiger partial charge in [0.15, 0.2) is 0 Å². The van der Waals surface area contributed by atoms with E-state index in [1.165, 1.54) is 6.07 Å². The van der Waals surface area contributed by atoms with E-state index in [1.54, 1.807) is 30.2 Å². The Kier molecular flexibility index (Phi) is 2.73. The van der Waals surface area contributed by atoms with Gasteiger partial charge in [0, 0.05) is 30.3 Å². The standard InChI is InChI=1S/C11H10ClFN2/c1-15-7-9(6-14-15)11-8(5-12)3-2-4-10(11)13/h2-4,6-7H,5H2,1H3. The molecular formula is C11H10ClFN2. The molecule has 0 unspecified atom stereocenters. The number of halogens is 2. The lowest BCUT2D eigenvalue weighted by Gasteiger charge is -2.05. The molecule has 0 radical (unpaired) electrons. The van der Waals surface area contributed by atoms with Crippen molar-refractivity contribution in [3.05, 3.63) is 42.0 Å². The van der Waals surface area contributed by atoms with Crippen molar-refractivity contribution < 1.29 is 4.39 Å². The van der Waals surface area contributed by atoms with Gasteiger partial charge in [0.1, 0.15) is 5.82 Å². The maximum Gasteiger partial charge on any atom is 0.131 e. The predicted octanol–water partition coefficient (Wildman–Crippen LogP) is 2.97. The predicted molar refractivity (Wildman–Crippen MR) is 58.2 cm³/mol. The van der Waals surface area contributed by atoms with Crippen molar-refractivity contribution >= 4 is 11.6 Å². The Morgan fingerprint density at radius 2 is 2.27 bits per heavy atom. The van der Waals surface area contributed by atoms with E-state index in [-0.39, 0.29) is 5.82 Å². The average Bonchev–Trinajstić information content (AvgIpc) is 2.64. The summed E-state index contributed by atoms with van der Waals surface area (Å²) in [6.07, 6.45) is 3.41. The zero-order valence-corrected chi connectivity index (χ0v) is 9.00. The molecule has 0 amide bonds. The van der Waals surface area contributed by atoms with Gasteiger partial charge < -0.3 is 0 Å². The molecule has 0 atom stereocenters. The number of alkyl halides is 1. The molecule has 2 aromatic rings. The Hall–Kier alpha value is -1.35. The normalized spacial score (nSPS) is 10.6. The summed E-state index contributed by atoms with van der Waals surface area (Å²) in [6, 6.07) is 4.91. The lowest BCUT2D eigenvalue weighted by Crippen LogP contribution is -1.90. The van der Waals surface area contributed by atoms with Crippen LogP contribution in [0, 0.1) is 5.82 Å². The Balaban J connectivity index is 2.60. The second-order valence-electron chi connectivity index (χ2n) is 3.31. The fraction of sp³-hybridized carbons (Fsp3) is 0.182. The third-order valence-corrected chi connectivity index (χ3v) is 2.53. The molecule has 1 aromatic carbocycles. The van der Waals surface area contributed by atoms with E-state index in [4.69, 9.17) is 11.6 Å². The average molecular weight is 225 g/mol. The maximum absolute atomic E-state index is 13.6. The highest BCUT2D eigenvalue weighted by Crippen LogP contribution is 2.27. The van der Waals surface area contributed by atoms with Gasteiger partial charge in [-0.3, -0.25) is 4.68 Å². The van der Waals surface area contributed by atoms with Gasteiger partial charge in [-0.05, 0) is 11.6 Å². The minimum Gasteiger partial charge on any atom is -0.275 e. The Bertz CT molecular complexity index is 479. The van der Waals surface area contributed by atoms with Gasteiger partial charge in [0.05, 0.1) is 6.20 Å².